The average molecular weight is 514 g/mol. The highest BCUT2D eigenvalue weighted by molar-refractivity contribution is 6.30. The maximum atomic E-state index is 14.7. The van der Waals surface area contributed by atoms with Crippen LogP contribution in [-0.2, 0) is 6.54 Å². The Kier molecular flexibility index (Phi) is 8.22. The minimum absolute atomic E-state index is 0.0651. The van der Waals surface area contributed by atoms with Crippen molar-refractivity contribution < 1.29 is 19.0 Å². The van der Waals surface area contributed by atoms with E-state index in [1.165, 1.54) is 18.3 Å². The minimum Gasteiger partial charge on any atom is -0.490 e. The van der Waals surface area contributed by atoms with Gasteiger partial charge < -0.3 is 20.1 Å². The Balaban J connectivity index is 1.44. The van der Waals surface area contributed by atoms with Gasteiger partial charge in [-0.2, -0.15) is 4.98 Å². The normalized spacial score (nSPS) is 15.9. The number of aryl methyl sites for hydroxylation is 1. The summed E-state index contributed by atoms with van der Waals surface area (Å²) in [6.07, 6.45) is 2.47. The largest absolute Gasteiger partial charge is 0.490 e. The minimum atomic E-state index is -1.17. The standard InChI is InChI=1S/C26H29ClFN5O3/c1-17-5-6-20(27)12-19(17)15-33(26(34)35)24-9-10-29-25(31-24)30-21-7-8-23(22(28)13-21)36-16-18-4-3-11-32(2)14-18/h5-10,12-13,18H,3-4,11,14-16H2,1-2H3,(H,34,35)(H,29,30,31). The maximum Gasteiger partial charge on any atom is 0.413 e. The van der Waals surface area contributed by atoms with Crippen molar-refractivity contribution in [3.63, 3.8) is 0 Å². The summed E-state index contributed by atoms with van der Waals surface area (Å²) in [6.45, 7) is 4.44. The smallest absolute Gasteiger partial charge is 0.413 e. The highest BCUT2D eigenvalue weighted by Crippen LogP contribution is 2.26. The molecule has 190 valence electrons. The number of carboxylic acid groups (broad SMARTS) is 1. The van der Waals surface area contributed by atoms with Crippen molar-refractivity contribution in [3.8, 4) is 5.75 Å². The Morgan fingerprint density at radius 3 is 2.89 bits per heavy atom. The van der Waals surface area contributed by atoms with Crippen molar-refractivity contribution >= 4 is 35.1 Å². The SMILES string of the molecule is Cc1ccc(Cl)cc1CN(C(=O)O)c1ccnc(Nc2ccc(OCC3CCCN(C)C3)c(F)c2)n1. The molecule has 0 bridgehead atoms. The van der Waals surface area contributed by atoms with E-state index in [-0.39, 0.29) is 24.1 Å². The number of aromatic nitrogens is 2. The molecule has 3 aromatic rings. The monoisotopic (exact) mass is 513 g/mol. The molecule has 4 rings (SSSR count). The lowest BCUT2D eigenvalue weighted by Crippen LogP contribution is -2.34. The Morgan fingerprint density at radius 1 is 1.31 bits per heavy atom. The molecule has 1 unspecified atom stereocenters. The van der Waals surface area contributed by atoms with Crippen molar-refractivity contribution in [1.29, 1.82) is 0 Å². The van der Waals surface area contributed by atoms with Gasteiger partial charge in [0.05, 0.1) is 13.2 Å². The van der Waals surface area contributed by atoms with Crippen LogP contribution in [0.3, 0.4) is 0 Å². The van der Waals surface area contributed by atoms with E-state index in [4.69, 9.17) is 16.3 Å². The predicted molar refractivity (Wildman–Crippen MR) is 138 cm³/mol. The van der Waals surface area contributed by atoms with E-state index in [9.17, 15) is 14.3 Å². The third-order valence-corrected chi connectivity index (χ3v) is 6.41. The number of rotatable bonds is 8. The summed E-state index contributed by atoms with van der Waals surface area (Å²) in [5.41, 5.74) is 2.09. The van der Waals surface area contributed by atoms with E-state index in [2.05, 4.69) is 27.2 Å². The Bertz CT molecular complexity index is 1230. The molecular weight excluding hydrogens is 485 g/mol. The summed E-state index contributed by atoms with van der Waals surface area (Å²) < 4.78 is 20.4. The van der Waals surface area contributed by atoms with Crippen LogP contribution in [0, 0.1) is 18.7 Å². The van der Waals surface area contributed by atoms with Crippen molar-refractivity contribution in [3.05, 3.63) is 70.6 Å². The highest BCUT2D eigenvalue weighted by Gasteiger charge is 2.20. The second kappa shape index (κ2) is 11.5. The number of anilines is 3. The van der Waals surface area contributed by atoms with E-state index in [1.54, 1.807) is 24.3 Å². The topological polar surface area (TPSA) is 90.8 Å². The van der Waals surface area contributed by atoms with Crippen LogP contribution in [0.25, 0.3) is 0 Å². The lowest BCUT2D eigenvalue weighted by atomic mass is 10.00. The molecule has 1 fully saturated rings. The fourth-order valence-corrected chi connectivity index (χ4v) is 4.42. The molecular formula is C26H29ClFN5O3. The van der Waals surface area contributed by atoms with Gasteiger partial charge >= 0.3 is 6.09 Å². The molecule has 2 heterocycles. The lowest BCUT2D eigenvalue weighted by molar-refractivity contribution is 0.147. The molecule has 2 aromatic carbocycles. The number of carbonyl (C=O) groups is 1. The van der Waals surface area contributed by atoms with Crippen LogP contribution in [-0.4, -0.2) is 52.8 Å². The first-order valence-electron chi connectivity index (χ1n) is 11.7. The number of ether oxygens (including phenoxy) is 1. The van der Waals surface area contributed by atoms with Gasteiger partial charge in [-0.15, -0.1) is 0 Å². The number of hydrogen-bond donors (Lipinski definition) is 2. The quantitative estimate of drug-likeness (QED) is 0.397. The molecule has 1 atom stereocenters. The van der Waals surface area contributed by atoms with Crippen LogP contribution in [0.5, 0.6) is 5.75 Å². The molecule has 0 saturated carbocycles. The zero-order chi connectivity index (χ0) is 25.7. The predicted octanol–water partition coefficient (Wildman–Crippen LogP) is 5.73. The Labute approximate surface area is 214 Å². The number of piperidine rings is 1. The van der Waals surface area contributed by atoms with Gasteiger partial charge in [0.15, 0.2) is 11.6 Å². The van der Waals surface area contributed by atoms with Gasteiger partial charge in [0, 0.05) is 35.4 Å². The van der Waals surface area contributed by atoms with Gasteiger partial charge in [-0.3, -0.25) is 4.90 Å². The summed E-state index contributed by atoms with van der Waals surface area (Å²) in [4.78, 5) is 23.8. The molecule has 36 heavy (non-hydrogen) atoms. The first-order valence-corrected chi connectivity index (χ1v) is 12.1. The molecule has 2 N–H and O–H groups in total. The van der Waals surface area contributed by atoms with Crippen molar-refractivity contribution in [2.45, 2.75) is 26.3 Å². The fourth-order valence-electron chi connectivity index (χ4n) is 4.23. The lowest BCUT2D eigenvalue weighted by Gasteiger charge is -2.29. The second-order valence-corrected chi connectivity index (χ2v) is 9.47. The average Bonchev–Trinajstić information content (AvgIpc) is 2.84. The molecule has 8 nitrogen and oxygen atoms in total. The number of nitrogens with zero attached hydrogens (tertiary/aromatic N) is 4. The molecule has 0 aliphatic carbocycles. The van der Waals surface area contributed by atoms with E-state index in [0.29, 0.717) is 23.2 Å². The summed E-state index contributed by atoms with van der Waals surface area (Å²) in [5.74, 6) is 0.392. The van der Waals surface area contributed by atoms with Gasteiger partial charge in [0.1, 0.15) is 5.82 Å². The zero-order valence-corrected chi connectivity index (χ0v) is 21.0. The molecule has 1 amide bonds. The Morgan fingerprint density at radius 2 is 2.14 bits per heavy atom. The number of benzene rings is 2. The van der Waals surface area contributed by atoms with Crippen molar-refractivity contribution in [1.82, 2.24) is 14.9 Å². The molecule has 1 saturated heterocycles. The van der Waals surface area contributed by atoms with Gasteiger partial charge in [-0.05, 0) is 74.8 Å². The molecule has 1 aliphatic heterocycles. The van der Waals surface area contributed by atoms with E-state index >= 15 is 0 Å². The number of hydrogen-bond acceptors (Lipinski definition) is 6. The van der Waals surface area contributed by atoms with Gasteiger partial charge in [-0.1, -0.05) is 17.7 Å². The van der Waals surface area contributed by atoms with Gasteiger partial charge in [0.2, 0.25) is 5.95 Å². The van der Waals surface area contributed by atoms with Crippen LogP contribution in [0.2, 0.25) is 5.02 Å². The number of nitrogens with one attached hydrogen (secondary N) is 1. The van der Waals surface area contributed by atoms with Gasteiger partial charge in [0.25, 0.3) is 0 Å². The zero-order valence-electron chi connectivity index (χ0n) is 20.2. The first kappa shape index (κ1) is 25.7. The summed E-state index contributed by atoms with van der Waals surface area (Å²) in [7, 11) is 2.08. The molecule has 0 spiro atoms. The molecule has 1 aliphatic rings. The summed E-state index contributed by atoms with van der Waals surface area (Å²) in [6, 6.07) is 11.4. The third-order valence-electron chi connectivity index (χ3n) is 6.17. The second-order valence-electron chi connectivity index (χ2n) is 9.03. The fraction of sp³-hybridized carbons (Fsp3) is 0.346. The summed E-state index contributed by atoms with van der Waals surface area (Å²) in [5, 5.41) is 13.3. The molecule has 0 radical (unpaired) electrons. The first-order chi connectivity index (χ1) is 17.3. The van der Waals surface area contributed by atoms with Crippen LogP contribution >= 0.6 is 11.6 Å². The van der Waals surface area contributed by atoms with Crippen molar-refractivity contribution in [2.75, 3.05) is 37.0 Å². The molecule has 1 aromatic heterocycles. The number of likely N-dealkylation sites (tertiary alicyclic amines) is 1. The van der Waals surface area contributed by atoms with Crippen molar-refractivity contribution in [2.24, 2.45) is 5.92 Å². The Hall–Kier alpha value is -3.43. The molecule has 10 heteroatoms. The highest BCUT2D eigenvalue weighted by atomic mass is 35.5. The third kappa shape index (κ3) is 6.61. The van der Waals surface area contributed by atoms with E-state index in [1.807, 2.05) is 13.0 Å². The van der Waals surface area contributed by atoms with E-state index < -0.39 is 11.9 Å². The maximum absolute atomic E-state index is 14.7. The van der Waals surface area contributed by atoms with E-state index in [0.717, 1.165) is 42.0 Å². The van der Waals surface area contributed by atoms with Gasteiger partial charge in [-0.25, -0.2) is 14.2 Å². The number of halogens is 2. The van der Waals surface area contributed by atoms with Crippen LogP contribution < -0.4 is 15.0 Å². The van der Waals surface area contributed by atoms with Crippen LogP contribution in [0.4, 0.5) is 26.6 Å². The van der Waals surface area contributed by atoms with Crippen LogP contribution in [0.15, 0.2) is 48.7 Å². The summed E-state index contributed by atoms with van der Waals surface area (Å²) >= 11 is 6.09. The number of amides is 1. The van der Waals surface area contributed by atoms with Crippen LogP contribution in [0.1, 0.15) is 24.0 Å².